The van der Waals surface area contributed by atoms with E-state index in [9.17, 15) is 9.00 Å². The van der Waals surface area contributed by atoms with Gasteiger partial charge in [-0.25, -0.2) is 4.21 Å². The lowest BCUT2D eigenvalue weighted by Gasteiger charge is -2.38. The third kappa shape index (κ3) is 1.50. The van der Waals surface area contributed by atoms with Crippen LogP contribution in [0.25, 0.3) is 0 Å². The van der Waals surface area contributed by atoms with Gasteiger partial charge >= 0.3 is 0 Å². The van der Waals surface area contributed by atoms with Crippen LogP contribution >= 0.6 is 0 Å². The minimum Gasteiger partial charge on any atom is -0.273 e. The molecule has 3 nitrogen and oxygen atoms in total. The molecule has 0 aromatic carbocycles. The van der Waals surface area contributed by atoms with Gasteiger partial charge in [0.05, 0.1) is 11.8 Å². The van der Waals surface area contributed by atoms with E-state index in [4.69, 9.17) is 0 Å². The molecule has 3 rings (SSSR count). The van der Waals surface area contributed by atoms with Crippen molar-refractivity contribution in [3.05, 3.63) is 0 Å². The highest BCUT2D eigenvalue weighted by molar-refractivity contribution is 7.83. The lowest BCUT2D eigenvalue weighted by atomic mass is 9.69. The maximum Gasteiger partial charge on any atom is 0.239 e. The second kappa shape index (κ2) is 3.63. The summed E-state index contributed by atoms with van der Waals surface area (Å²) in [6.07, 6.45) is 3.45. The molecule has 0 aromatic rings. The molecule has 1 spiro atoms. The highest BCUT2D eigenvalue weighted by Crippen LogP contribution is 2.69. The zero-order chi connectivity index (χ0) is 14.2. The van der Waals surface area contributed by atoms with E-state index < -0.39 is 16.4 Å². The summed E-state index contributed by atoms with van der Waals surface area (Å²) in [6.45, 7) is 10.4. The first-order valence-corrected chi connectivity index (χ1v) is 8.61. The fraction of sp³-hybridized carbons (Fsp3) is 0.933. The topological polar surface area (TPSA) is 37.4 Å². The third-order valence-electron chi connectivity index (χ3n) is 6.11. The molecule has 0 radical (unpaired) electrons. The molecule has 19 heavy (non-hydrogen) atoms. The number of fused-ring (bicyclic) bond motifs is 1. The molecule has 4 heteroatoms. The molecule has 4 atom stereocenters. The Kier molecular flexibility index (Phi) is 2.60. The number of hydrogen-bond acceptors (Lipinski definition) is 2. The molecule has 1 heterocycles. The Labute approximate surface area is 118 Å². The predicted octanol–water partition coefficient (Wildman–Crippen LogP) is 2.73. The highest BCUT2D eigenvalue weighted by atomic mass is 32.2. The molecule has 2 aliphatic carbocycles. The minimum atomic E-state index is -1.12. The Hall–Kier alpha value is -0.380. The van der Waals surface area contributed by atoms with Crippen LogP contribution in [-0.2, 0) is 15.8 Å². The summed E-state index contributed by atoms with van der Waals surface area (Å²) in [7, 11) is -1.12. The van der Waals surface area contributed by atoms with Crippen molar-refractivity contribution < 1.29 is 9.00 Å². The molecule has 0 N–H and O–H groups in total. The van der Waals surface area contributed by atoms with Gasteiger partial charge in [0, 0.05) is 10.8 Å². The largest absolute Gasteiger partial charge is 0.273 e. The maximum atomic E-state index is 12.6. The SMILES string of the molecule is CC(C)(C)C(=O)N1C2CC3CCC2(CS1=O)C3(C)C. The molecular weight excluding hydrogens is 258 g/mol. The molecule has 3 fully saturated rings. The van der Waals surface area contributed by atoms with Gasteiger partial charge in [-0.05, 0) is 30.6 Å². The van der Waals surface area contributed by atoms with Crippen molar-refractivity contribution in [1.82, 2.24) is 4.31 Å². The summed E-state index contributed by atoms with van der Waals surface area (Å²) < 4.78 is 14.3. The predicted molar refractivity (Wildman–Crippen MR) is 76.7 cm³/mol. The van der Waals surface area contributed by atoms with E-state index in [-0.39, 0.29) is 22.8 Å². The maximum absolute atomic E-state index is 12.6. The summed E-state index contributed by atoms with van der Waals surface area (Å²) >= 11 is 0. The number of rotatable bonds is 0. The van der Waals surface area contributed by atoms with Gasteiger partial charge in [-0.2, -0.15) is 0 Å². The van der Waals surface area contributed by atoms with Crippen LogP contribution in [0.5, 0.6) is 0 Å². The van der Waals surface area contributed by atoms with Gasteiger partial charge in [0.25, 0.3) is 0 Å². The van der Waals surface area contributed by atoms with E-state index in [1.54, 1.807) is 4.31 Å². The zero-order valence-electron chi connectivity index (χ0n) is 12.7. The molecular formula is C15H25NO2S. The minimum absolute atomic E-state index is 0.0658. The Bertz CT molecular complexity index is 465. The van der Waals surface area contributed by atoms with Crippen molar-refractivity contribution in [2.45, 2.75) is 59.9 Å². The Morgan fingerprint density at radius 1 is 1.32 bits per heavy atom. The summed E-state index contributed by atoms with van der Waals surface area (Å²) in [5.41, 5.74) is -0.0865. The molecule has 0 aromatic heterocycles. The molecule has 1 amide bonds. The lowest BCUT2D eigenvalue weighted by molar-refractivity contribution is -0.136. The summed E-state index contributed by atoms with van der Waals surface area (Å²) in [6, 6.07) is 0.216. The van der Waals surface area contributed by atoms with Crippen LogP contribution < -0.4 is 0 Å². The van der Waals surface area contributed by atoms with E-state index in [1.807, 2.05) is 20.8 Å². The average Bonchev–Trinajstić information content (AvgIpc) is 2.77. The molecule has 4 unspecified atom stereocenters. The van der Waals surface area contributed by atoms with Gasteiger partial charge in [0.1, 0.15) is 11.0 Å². The Morgan fingerprint density at radius 3 is 2.47 bits per heavy atom. The molecule has 108 valence electrons. The van der Waals surface area contributed by atoms with E-state index in [1.165, 1.54) is 6.42 Å². The van der Waals surface area contributed by atoms with Gasteiger partial charge in [-0.3, -0.25) is 9.10 Å². The van der Waals surface area contributed by atoms with Crippen molar-refractivity contribution in [3.63, 3.8) is 0 Å². The van der Waals surface area contributed by atoms with Crippen LogP contribution in [0.4, 0.5) is 0 Å². The smallest absolute Gasteiger partial charge is 0.239 e. The van der Waals surface area contributed by atoms with Gasteiger partial charge in [0.2, 0.25) is 5.91 Å². The standard InChI is InChI=1S/C15H25NO2S/c1-13(2,3)12(17)16-11-8-10-6-7-15(11,9-19(16)18)14(10,4)5/h10-11H,6-9H2,1-5H3. The van der Waals surface area contributed by atoms with Crippen molar-refractivity contribution >= 4 is 16.9 Å². The monoisotopic (exact) mass is 283 g/mol. The van der Waals surface area contributed by atoms with Gasteiger partial charge in [-0.15, -0.1) is 0 Å². The normalized spacial score (nSPS) is 43.6. The number of carbonyl (C=O) groups is 1. The van der Waals surface area contributed by atoms with Crippen molar-refractivity contribution in [3.8, 4) is 0 Å². The Balaban J connectivity index is 2.00. The first kappa shape index (κ1) is 13.6. The highest BCUT2D eigenvalue weighted by Gasteiger charge is 2.70. The molecule has 1 aliphatic heterocycles. The summed E-state index contributed by atoms with van der Waals surface area (Å²) in [5.74, 6) is 1.46. The van der Waals surface area contributed by atoms with E-state index >= 15 is 0 Å². The number of carbonyl (C=O) groups excluding carboxylic acids is 1. The van der Waals surface area contributed by atoms with Gasteiger partial charge in [-0.1, -0.05) is 34.6 Å². The van der Waals surface area contributed by atoms with Crippen molar-refractivity contribution in [2.75, 3.05) is 5.75 Å². The van der Waals surface area contributed by atoms with Crippen molar-refractivity contribution in [2.24, 2.45) is 22.2 Å². The van der Waals surface area contributed by atoms with E-state index in [2.05, 4.69) is 13.8 Å². The van der Waals surface area contributed by atoms with Crippen LogP contribution in [0.2, 0.25) is 0 Å². The van der Waals surface area contributed by atoms with Gasteiger partial charge in [0.15, 0.2) is 0 Å². The fourth-order valence-corrected chi connectivity index (χ4v) is 7.01. The summed E-state index contributed by atoms with van der Waals surface area (Å²) in [4.78, 5) is 12.6. The van der Waals surface area contributed by atoms with Crippen LogP contribution in [0.1, 0.15) is 53.9 Å². The van der Waals surface area contributed by atoms with E-state index in [0.29, 0.717) is 11.7 Å². The van der Waals surface area contributed by atoms with E-state index in [0.717, 1.165) is 12.8 Å². The zero-order valence-corrected chi connectivity index (χ0v) is 13.5. The first-order chi connectivity index (χ1) is 8.61. The Morgan fingerprint density at radius 2 is 1.95 bits per heavy atom. The first-order valence-electron chi connectivity index (χ1n) is 7.33. The van der Waals surface area contributed by atoms with Crippen LogP contribution in [0, 0.1) is 22.2 Å². The third-order valence-corrected chi connectivity index (χ3v) is 7.73. The van der Waals surface area contributed by atoms with Gasteiger partial charge < -0.3 is 0 Å². The average molecular weight is 283 g/mol. The quantitative estimate of drug-likeness (QED) is 0.685. The molecule has 3 aliphatic rings. The summed E-state index contributed by atoms with van der Waals surface area (Å²) in [5, 5.41) is 0. The number of hydrogen-bond donors (Lipinski definition) is 0. The fourth-order valence-electron chi connectivity index (χ4n) is 4.70. The van der Waals surface area contributed by atoms with Crippen LogP contribution in [0.3, 0.4) is 0 Å². The van der Waals surface area contributed by atoms with Crippen LogP contribution in [-0.4, -0.2) is 26.2 Å². The lowest BCUT2D eigenvalue weighted by Crippen LogP contribution is -2.47. The molecule has 1 saturated heterocycles. The molecule has 2 saturated carbocycles. The number of nitrogens with zero attached hydrogens (tertiary/aromatic N) is 1. The molecule has 2 bridgehead atoms. The number of amides is 1. The second-order valence-corrected chi connectivity index (χ2v) is 9.54. The van der Waals surface area contributed by atoms with Crippen molar-refractivity contribution in [1.29, 1.82) is 0 Å². The van der Waals surface area contributed by atoms with Crippen LogP contribution in [0.15, 0.2) is 0 Å². The second-order valence-electron chi connectivity index (χ2n) is 8.21.